The number of unbranched alkanes of at least 4 members (excludes halogenated alkanes) is 12. The van der Waals surface area contributed by atoms with E-state index >= 15 is 0 Å². The normalized spacial score (nSPS) is 12.3. The van der Waals surface area contributed by atoms with Crippen molar-refractivity contribution in [3.63, 3.8) is 0 Å². The van der Waals surface area contributed by atoms with Crippen LogP contribution in [0.1, 0.15) is 103 Å². The lowest BCUT2D eigenvalue weighted by molar-refractivity contribution is 0.106. The summed E-state index contributed by atoms with van der Waals surface area (Å²) in [6, 6.07) is 0.809. The molecule has 0 atom stereocenters. The molecular formula is C24H50O4Si. The molecule has 29 heavy (non-hydrogen) atoms. The van der Waals surface area contributed by atoms with E-state index in [0.717, 1.165) is 25.7 Å². The van der Waals surface area contributed by atoms with Crippen LogP contribution in [0.2, 0.25) is 6.04 Å². The van der Waals surface area contributed by atoms with E-state index in [1.165, 1.54) is 89.9 Å². The maximum absolute atomic E-state index is 5.73. The largest absolute Gasteiger partial charge is 0.500 e. The molecule has 0 bridgehead atoms. The first-order valence-corrected chi connectivity index (χ1v) is 14.1. The molecule has 0 N–H and O–H groups in total. The molecule has 0 rings (SSSR count). The second kappa shape index (κ2) is 22.5. The SMILES string of the molecule is CCCCCCCC/C=C\CCCCCCCCOCCC[Si](OC)(OC)OC. The molecule has 0 amide bonds. The zero-order valence-electron chi connectivity index (χ0n) is 20.0. The van der Waals surface area contributed by atoms with Crippen molar-refractivity contribution in [3.05, 3.63) is 12.2 Å². The fourth-order valence-corrected chi connectivity index (χ4v) is 5.19. The topological polar surface area (TPSA) is 36.9 Å². The Hall–Kier alpha value is -0.203. The van der Waals surface area contributed by atoms with Gasteiger partial charge in [-0.05, 0) is 38.5 Å². The Morgan fingerprint density at radius 3 is 1.52 bits per heavy atom. The molecule has 0 radical (unpaired) electrons. The molecule has 0 aromatic rings. The third-order valence-corrected chi connectivity index (χ3v) is 8.34. The van der Waals surface area contributed by atoms with Gasteiger partial charge in [-0.3, -0.25) is 0 Å². The molecule has 0 aliphatic heterocycles. The highest BCUT2D eigenvalue weighted by atomic mass is 28.4. The van der Waals surface area contributed by atoms with Gasteiger partial charge >= 0.3 is 8.80 Å². The first-order valence-electron chi connectivity index (χ1n) is 12.1. The fourth-order valence-electron chi connectivity index (χ4n) is 3.50. The molecule has 4 nitrogen and oxygen atoms in total. The van der Waals surface area contributed by atoms with Gasteiger partial charge in [0.1, 0.15) is 0 Å². The molecule has 0 aliphatic rings. The van der Waals surface area contributed by atoms with Crippen LogP contribution in [0.3, 0.4) is 0 Å². The van der Waals surface area contributed by atoms with Gasteiger partial charge in [0.2, 0.25) is 0 Å². The minimum Gasteiger partial charge on any atom is -0.381 e. The zero-order chi connectivity index (χ0) is 21.5. The molecule has 0 heterocycles. The Balaban J connectivity index is 3.25. The Kier molecular flexibility index (Phi) is 22.3. The van der Waals surface area contributed by atoms with Gasteiger partial charge in [0.05, 0.1) is 0 Å². The summed E-state index contributed by atoms with van der Waals surface area (Å²) in [6.07, 6.45) is 24.5. The summed E-state index contributed by atoms with van der Waals surface area (Å²) in [5.74, 6) is 0. The van der Waals surface area contributed by atoms with Crippen LogP contribution in [-0.4, -0.2) is 43.3 Å². The van der Waals surface area contributed by atoms with Crippen molar-refractivity contribution in [1.82, 2.24) is 0 Å². The van der Waals surface area contributed by atoms with E-state index in [1.54, 1.807) is 21.3 Å². The van der Waals surface area contributed by atoms with Crippen LogP contribution in [0.25, 0.3) is 0 Å². The van der Waals surface area contributed by atoms with E-state index in [4.69, 9.17) is 18.0 Å². The van der Waals surface area contributed by atoms with Crippen molar-refractivity contribution in [1.29, 1.82) is 0 Å². The highest BCUT2D eigenvalue weighted by molar-refractivity contribution is 6.60. The predicted octanol–water partition coefficient (Wildman–Crippen LogP) is 7.31. The van der Waals surface area contributed by atoms with Crippen molar-refractivity contribution in [2.24, 2.45) is 0 Å². The van der Waals surface area contributed by atoms with Gasteiger partial charge in [0.15, 0.2) is 0 Å². The second-order valence-corrected chi connectivity index (χ2v) is 11.0. The van der Waals surface area contributed by atoms with Crippen molar-refractivity contribution in [2.75, 3.05) is 34.5 Å². The van der Waals surface area contributed by atoms with E-state index in [2.05, 4.69) is 19.1 Å². The summed E-state index contributed by atoms with van der Waals surface area (Å²) in [5.41, 5.74) is 0. The van der Waals surface area contributed by atoms with Gasteiger partial charge < -0.3 is 18.0 Å². The van der Waals surface area contributed by atoms with Crippen LogP contribution in [0, 0.1) is 0 Å². The summed E-state index contributed by atoms with van der Waals surface area (Å²) in [5, 5.41) is 0. The first kappa shape index (κ1) is 28.8. The highest BCUT2D eigenvalue weighted by Crippen LogP contribution is 2.15. The summed E-state index contributed by atoms with van der Waals surface area (Å²) in [6.45, 7) is 3.90. The van der Waals surface area contributed by atoms with Crippen LogP contribution >= 0.6 is 0 Å². The van der Waals surface area contributed by atoms with Crippen molar-refractivity contribution in [2.45, 2.75) is 109 Å². The van der Waals surface area contributed by atoms with Crippen molar-refractivity contribution in [3.8, 4) is 0 Å². The lowest BCUT2D eigenvalue weighted by Crippen LogP contribution is -2.42. The molecule has 0 saturated heterocycles. The summed E-state index contributed by atoms with van der Waals surface area (Å²) in [7, 11) is 2.56. The molecule has 174 valence electrons. The Morgan fingerprint density at radius 2 is 1.00 bits per heavy atom. The standard InChI is InChI=1S/C24H50O4Si/c1-5-6-7-8-9-10-11-12-13-14-15-16-17-18-19-20-22-28-23-21-24-29(25-2,26-3)27-4/h12-13H,5-11,14-24H2,1-4H3/b13-12-. The summed E-state index contributed by atoms with van der Waals surface area (Å²) in [4.78, 5) is 0. The van der Waals surface area contributed by atoms with Crippen LogP contribution < -0.4 is 0 Å². The lowest BCUT2D eigenvalue weighted by Gasteiger charge is -2.24. The van der Waals surface area contributed by atoms with Crippen molar-refractivity contribution >= 4 is 8.80 Å². The van der Waals surface area contributed by atoms with Gasteiger partial charge in [0.25, 0.3) is 0 Å². The zero-order valence-corrected chi connectivity index (χ0v) is 21.0. The van der Waals surface area contributed by atoms with Gasteiger partial charge in [-0.2, -0.15) is 0 Å². The Labute approximate surface area is 183 Å². The lowest BCUT2D eigenvalue weighted by atomic mass is 10.1. The molecule has 0 aromatic carbocycles. The number of allylic oxidation sites excluding steroid dienone is 2. The van der Waals surface area contributed by atoms with E-state index < -0.39 is 8.80 Å². The summed E-state index contributed by atoms with van der Waals surface area (Å²) >= 11 is 0. The molecule has 0 saturated carbocycles. The predicted molar refractivity (Wildman–Crippen MR) is 126 cm³/mol. The highest BCUT2D eigenvalue weighted by Gasteiger charge is 2.36. The minimum absolute atomic E-state index is 0.760. The average Bonchev–Trinajstić information content (AvgIpc) is 2.75. The van der Waals surface area contributed by atoms with Gasteiger partial charge in [-0.25, -0.2) is 0 Å². The molecule has 5 heteroatoms. The smallest absolute Gasteiger partial charge is 0.381 e. The van der Waals surface area contributed by atoms with Gasteiger partial charge in [-0.15, -0.1) is 0 Å². The van der Waals surface area contributed by atoms with Crippen LogP contribution in [0.4, 0.5) is 0 Å². The number of hydrogen-bond donors (Lipinski definition) is 0. The van der Waals surface area contributed by atoms with E-state index in [1.807, 2.05) is 0 Å². The minimum atomic E-state index is -2.42. The molecule has 0 aliphatic carbocycles. The maximum atomic E-state index is 5.73. The van der Waals surface area contributed by atoms with E-state index in [0.29, 0.717) is 0 Å². The molecule has 0 aromatic heterocycles. The average molecular weight is 431 g/mol. The number of ether oxygens (including phenoxy) is 1. The van der Waals surface area contributed by atoms with Crippen LogP contribution in [0.15, 0.2) is 12.2 Å². The molecule has 0 spiro atoms. The molecule has 0 fully saturated rings. The number of hydrogen-bond acceptors (Lipinski definition) is 4. The van der Waals surface area contributed by atoms with Crippen LogP contribution in [0.5, 0.6) is 0 Å². The second-order valence-electron chi connectivity index (χ2n) is 7.95. The molecular weight excluding hydrogens is 380 g/mol. The number of rotatable bonds is 23. The summed E-state index contributed by atoms with van der Waals surface area (Å²) < 4.78 is 22.0. The van der Waals surface area contributed by atoms with E-state index in [-0.39, 0.29) is 0 Å². The maximum Gasteiger partial charge on any atom is 0.500 e. The fraction of sp³-hybridized carbons (Fsp3) is 0.917. The van der Waals surface area contributed by atoms with Crippen LogP contribution in [-0.2, 0) is 18.0 Å². The third-order valence-electron chi connectivity index (χ3n) is 5.51. The Bertz CT molecular complexity index is 338. The monoisotopic (exact) mass is 430 g/mol. The quantitative estimate of drug-likeness (QED) is 0.0967. The molecule has 0 unspecified atom stereocenters. The third kappa shape index (κ3) is 18.3. The van der Waals surface area contributed by atoms with Gasteiger partial charge in [-0.1, -0.05) is 76.9 Å². The first-order chi connectivity index (χ1) is 14.2. The van der Waals surface area contributed by atoms with Crippen molar-refractivity contribution < 1.29 is 18.0 Å². The van der Waals surface area contributed by atoms with Gasteiger partial charge in [0, 0.05) is 40.6 Å². The van der Waals surface area contributed by atoms with E-state index in [9.17, 15) is 0 Å². The Morgan fingerprint density at radius 1 is 0.552 bits per heavy atom.